The second kappa shape index (κ2) is 5.68. The second-order valence-electron chi connectivity index (χ2n) is 4.21. The maximum atomic E-state index is 12.0. The number of hydrogen-bond acceptors (Lipinski definition) is 4. The van der Waals surface area contributed by atoms with Crippen LogP contribution in [-0.4, -0.2) is 53.8 Å². The van der Waals surface area contributed by atoms with Crippen LogP contribution in [0.3, 0.4) is 0 Å². The van der Waals surface area contributed by atoms with Crippen molar-refractivity contribution in [2.45, 2.75) is 31.4 Å². The van der Waals surface area contributed by atoms with E-state index in [4.69, 9.17) is 10.1 Å². The van der Waals surface area contributed by atoms with Crippen LogP contribution in [0.15, 0.2) is 0 Å². The summed E-state index contributed by atoms with van der Waals surface area (Å²) in [7, 11) is 0. The number of morpholine rings is 1. The van der Waals surface area contributed by atoms with E-state index in [-0.39, 0.29) is 12.0 Å². The molecule has 1 heterocycles. The molecule has 2 aliphatic rings. The topological polar surface area (TPSA) is 53.4 Å². The molecule has 1 amide bonds. The molecule has 0 spiro atoms. The summed E-state index contributed by atoms with van der Waals surface area (Å²) in [6.07, 6.45) is 4.99. The Morgan fingerprint density at radius 2 is 2.44 bits per heavy atom. The molecule has 16 heavy (non-hydrogen) atoms. The number of nitrogens with zero attached hydrogens (tertiary/aromatic N) is 1. The molecule has 0 aromatic rings. The van der Waals surface area contributed by atoms with Crippen molar-refractivity contribution in [2.75, 3.05) is 24.7 Å². The lowest BCUT2D eigenvalue weighted by atomic mass is 10.1. The fourth-order valence-corrected chi connectivity index (χ4v) is 3.10. The van der Waals surface area contributed by atoms with Crippen LogP contribution in [0, 0.1) is 5.41 Å². The van der Waals surface area contributed by atoms with Crippen LogP contribution in [0.25, 0.3) is 0 Å². The van der Waals surface area contributed by atoms with Gasteiger partial charge >= 0.3 is 0 Å². The number of rotatable bonds is 4. The first-order valence-electron chi connectivity index (χ1n) is 5.80. The predicted molar refractivity (Wildman–Crippen MR) is 65.2 cm³/mol. The van der Waals surface area contributed by atoms with Crippen molar-refractivity contribution >= 4 is 23.9 Å². The van der Waals surface area contributed by atoms with E-state index in [9.17, 15) is 4.79 Å². The zero-order valence-corrected chi connectivity index (χ0v) is 10.2. The minimum atomic E-state index is 0.215. The molecule has 1 aliphatic heterocycles. The molecular weight excluding hydrogens is 224 g/mol. The largest absolute Gasteiger partial charge is 0.374 e. The second-order valence-corrected chi connectivity index (χ2v) is 5.24. The van der Waals surface area contributed by atoms with Gasteiger partial charge in [-0.15, -0.1) is 11.8 Å². The Bertz CT molecular complexity index is 273. The third-order valence-corrected chi connectivity index (χ3v) is 4.08. The van der Waals surface area contributed by atoms with E-state index in [1.807, 2.05) is 4.90 Å². The van der Waals surface area contributed by atoms with Crippen LogP contribution >= 0.6 is 11.8 Å². The Balaban J connectivity index is 1.86. The van der Waals surface area contributed by atoms with Crippen LogP contribution in [0.2, 0.25) is 0 Å². The molecular formula is C11H18N2O2S. The Morgan fingerprint density at radius 1 is 1.56 bits per heavy atom. The van der Waals surface area contributed by atoms with E-state index in [1.165, 1.54) is 24.4 Å². The van der Waals surface area contributed by atoms with Gasteiger partial charge in [0.2, 0.25) is 5.91 Å². The summed E-state index contributed by atoms with van der Waals surface area (Å²) in [5.74, 6) is 1.34. The Kier molecular flexibility index (Phi) is 4.23. The van der Waals surface area contributed by atoms with Crippen LogP contribution in [0.1, 0.15) is 19.3 Å². The van der Waals surface area contributed by atoms with Gasteiger partial charge in [0.25, 0.3) is 0 Å². The van der Waals surface area contributed by atoms with Gasteiger partial charge in [-0.05, 0) is 19.3 Å². The lowest BCUT2D eigenvalue weighted by Crippen LogP contribution is -2.51. The van der Waals surface area contributed by atoms with Gasteiger partial charge in [0.15, 0.2) is 0 Å². The quantitative estimate of drug-likeness (QED) is 0.594. The molecule has 1 saturated heterocycles. The van der Waals surface area contributed by atoms with Gasteiger partial charge in [-0.3, -0.25) is 4.79 Å². The van der Waals surface area contributed by atoms with E-state index in [2.05, 4.69) is 0 Å². The zero-order valence-electron chi connectivity index (χ0n) is 9.35. The number of amides is 1. The third kappa shape index (κ3) is 2.58. The van der Waals surface area contributed by atoms with Crippen molar-refractivity contribution in [3.63, 3.8) is 0 Å². The van der Waals surface area contributed by atoms with Gasteiger partial charge in [0.05, 0.1) is 24.5 Å². The Hall–Kier alpha value is -0.550. The van der Waals surface area contributed by atoms with Gasteiger partial charge in [-0.25, -0.2) is 0 Å². The molecule has 1 saturated carbocycles. The van der Waals surface area contributed by atoms with Gasteiger partial charge in [-0.2, -0.15) is 0 Å². The van der Waals surface area contributed by atoms with Gasteiger partial charge < -0.3 is 15.0 Å². The smallest absolute Gasteiger partial charge is 0.232 e. The molecule has 1 N–H and O–H groups in total. The lowest BCUT2D eigenvalue weighted by Gasteiger charge is -2.37. The molecule has 2 rings (SSSR count). The first-order chi connectivity index (χ1) is 7.83. The average Bonchev–Trinajstić information content (AvgIpc) is 2.76. The molecule has 1 aliphatic carbocycles. The standard InChI is InChI=1S/C11H18N2O2S/c12-4-7-16-8-11(14)13-5-6-15-10-3-1-2-9(10)13/h4,9-10,12H,1-3,5-8H2. The van der Waals surface area contributed by atoms with Gasteiger partial charge in [-0.1, -0.05) is 0 Å². The van der Waals surface area contributed by atoms with Gasteiger partial charge in [0.1, 0.15) is 0 Å². The lowest BCUT2D eigenvalue weighted by molar-refractivity contribution is -0.141. The van der Waals surface area contributed by atoms with Crippen molar-refractivity contribution in [2.24, 2.45) is 0 Å². The number of carbonyl (C=O) groups excluding carboxylic acids is 1. The summed E-state index contributed by atoms with van der Waals surface area (Å²) < 4.78 is 5.67. The molecule has 2 fully saturated rings. The zero-order chi connectivity index (χ0) is 11.4. The van der Waals surface area contributed by atoms with E-state index < -0.39 is 0 Å². The molecule has 0 aromatic heterocycles. The van der Waals surface area contributed by atoms with E-state index in [0.717, 1.165) is 19.4 Å². The summed E-state index contributed by atoms with van der Waals surface area (Å²) in [6.45, 7) is 1.42. The first-order valence-corrected chi connectivity index (χ1v) is 6.96. The molecule has 4 nitrogen and oxygen atoms in total. The van der Waals surface area contributed by atoms with Crippen LogP contribution in [0.4, 0.5) is 0 Å². The highest BCUT2D eigenvalue weighted by molar-refractivity contribution is 8.00. The van der Waals surface area contributed by atoms with Crippen molar-refractivity contribution in [1.29, 1.82) is 5.41 Å². The minimum absolute atomic E-state index is 0.215. The van der Waals surface area contributed by atoms with E-state index in [0.29, 0.717) is 24.2 Å². The van der Waals surface area contributed by atoms with E-state index in [1.54, 1.807) is 0 Å². The molecule has 0 radical (unpaired) electrons. The SMILES string of the molecule is N=CCSCC(=O)N1CCOC2CCCC21. The summed E-state index contributed by atoms with van der Waals surface area (Å²) in [5.41, 5.74) is 0. The average molecular weight is 242 g/mol. The molecule has 0 aromatic carbocycles. The van der Waals surface area contributed by atoms with Crippen molar-refractivity contribution < 1.29 is 9.53 Å². The monoisotopic (exact) mass is 242 g/mol. The normalized spacial score (nSPS) is 28.9. The Labute approximate surface area is 100 Å². The third-order valence-electron chi connectivity index (χ3n) is 3.23. The summed E-state index contributed by atoms with van der Waals surface area (Å²) in [6, 6.07) is 0.321. The highest BCUT2D eigenvalue weighted by atomic mass is 32.2. The summed E-state index contributed by atoms with van der Waals surface area (Å²) >= 11 is 1.51. The number of fused-ring (bicyclic) bond motifs is 1. The highest BCUT2D eigenvalue weighted by Crippen LogP contribution is 2.29. The molecule has 2 unspecified atom stereocenters. The van der Waals surface area contributed by atoms with Crippen molar-refractivity contribution in [3.8, 4) is 0 Å². The maximum Gasteiger partial charge on any atom is 0.232 e. The van der Waals surface area contributed by atoms with Crippen molar-refractivity contribution in [1.82, 2.24) is 4.90 Å². The molecule has 2 atom stereocenters. The van der Waals surface area contributed by atoms with Crippen LogP contribution < -0.4 is 0 Å². The number of carbonyl (C=O) groups is 1. The van der Waals surface area contributed by atoms with Crippen LogP contribution in [-0.2, 0) is 9.53 Å². The molecule has 0 bridgehead atoms. The minimum Gasteiger partial charge on any atom is -0.374 e. The first kappa shape index (κ1) is 11.9. The fraction of sp³-hybridized carbons (Fsp3) is 0.818. The number of hydrogen-bond donors (Lipinski definition) is 1. The number of thioether (sulfide) groups is 1. The van der Waals surface area contributed by atoms with Crippen molar-refractivity contribution in [3.05, 3.63) is 0 Å². The number of nitrogens with one attached hydrogen (secondary N) is 1. The molecule has 5 heteroatoms. The Morgan fingerprint density at radius 3 is 3.25 bits per heavy atom. The highest BCUT2D eigenvalue weighted by Gasteiger charge is 2.37. The predicted octanol–water partition coefficient (Wildman–Crippen LogP) is 1.15. The summed E-state index contributed by atoms with van der Waals surface area (Å²) in [4.78, 5) is 14.0. The van der Waals surface area contributed by atoms with E-state index >= 15 is 0 Å². The van der Waals surface area contributed by atoms with Crippen LogP contribution in [0.5, 0.6) is 0 Å². The summed E-state index contributed by atoms with van der Waals surface area (Å²) in [5, 5.41) is 6.92. The molecule has 90 valence electrons. The fourth-order valence-electron chi connectivity index (χ4n) is 2.52. The number of ether oxygens (including phenoxy) is 1. The van der Waals surface area contributed by atoms with Gasteiger partial charge in [0, 0.05) is 18.5 Å². The maximum absolute atomic E-state index is 12.0.